The minimum Gasteiger partial charge on any atom is -0.497 e. The fourth-order valence-corrected chi connectivity index (χ4v) is 3.93. The molecule has 3 N–H and O–H groups in total. The number of carbonyl (C=O) groups excluding carboxylic acids is 1. The minimum absolute atomic E-state index is 0. The second kappa shape index (κ2) is 16.1. The summed E-state index contributed by atoms with van der Waals surface area (Å²) in [5, 5.41) is 9.46. The summed E-state index contributed by atoms with van der Waals surface area (Å²) in [5.74, 6) is 1.97. The van der Waals surface area contributed by atoms with E-state index in [9.17, 15) is 4.79 Å². The van der Waals surface area contributed by atoms with E-state index >= 15 is 0 Å². The van der Waals surface area contributed by atoms with E-state index in [1.165, 1.54) is 0 Å². The van der Waals surface area contributed by atoms with Gasteiger partial charge in [0.15, 0.2) is 5.96 Å². The van der Waals surface area contributed by atoms with E-state index in [4.69, 9.17) is 9.47 Å². The SMILES string of the molecule is CCC(CC)C(CNC(=NC)NCC(=O)NCc1ccc(OC)cc1)N1CCOCC1.I. The Labute approximate surface area is 209 Å². The summed E-state index contributed by atoms with van der Waals surface area (Å²) in [6, 6.07) is 8.07. The third-order valence-corrected chi connectivity index (χ3v) is 5.87. The van der Waals surface area contributed by atoms with Crippen LogP contribution in [0, 0.1) is 5.92 Å². The number of guanidine groups is 1. The first-order valence-corrected chi connectivity index (χ1v) is 11.3. The summed E-state index contributed by atoms with van der Waals surface area (Å²) in [6.07, 6.45) is 2.28. The average Bonchev–Trinajstić information content (AvgIpc) is 2.83. The van der Waals surface area contributed by atoms with E-state index in [-0.39, 0.29) is 36.4 Å². The molecule has 1 aliphatic heterocycles. The fourth-order valence-electron chi connectivity index (χ4n) is 3.93. The van der Waals surface area contributed by atoms with Gasteiger partial charge in [-0.05, 0) is 23.6 Å². The first kappa shape index (κ1) is 28.4. The van der Waals surface area contributed by atoms with Gasteiger partial charge in [0.1, 0.15) is 5.75 Å². The Hall–Kier alpha value is -1.59. The summed E-state index contributed by atoms with van der Waals surface area (Å²) >= 11 is 0. The van der Waals surface area contributed by atoms with Crippen molar-refractivity contribution in [2.24, 2.45) is 10.9 Å². The Kier molecular flexibility index (Phi) is 14.3. The second-order valence-electron chi connectivity index (χ2n) is 7.72. The van der Waals surface area contributed by atoms with Gasteiger partial charge in [-0.15, -0.1) is 24.0 Å². The molecule has 2 rings (SSSR count). The topological polar surface area (TPSA) is 87.2 Å². The number of carbonyl (C=O) groups is 1. The second-order valence-corrected chi connectivity index (χ2v) is 7.72. The van der Waals surface area contributed by atoms with Gasteiger partial charge < -0.3 is 25.4 Å². The zero-order chi connectivity index (χ0) is 22.5. The lowest BCUT2D eigenvalue weighted by Gasteiger charge is -2.39. The number of methoxy groups -OCH3 is 1. The largest absolute Gasteiger partial charge is 0.497 e. The van der Waals surface area contributed by atoms with Gasteiger partial charge in [0.2, 0.25) is 5.91 Å². The van der Waals surface area contributed by atoms with Crippen LogP contribution in [0.15, 0.2) is 29.3 Å². The molecule has 0 saturated carbocycles. The lowest BCUT2D eigenvalue weighted by Crippen LogP contribution is -2.53. The van der Waals surface area contributed by atoms with Crippen molar-refractivity contribution in [2.45, 2.75) is 39.3 Å². The molecule has 1 aromatic rings. The van der Waals surface area contributed by atoms with Crippen LogP contribution < -0.4 is 20.7 Å². The van der Waals surface area contributed by atoms with Crippen molar-refractivity contribution in [2.75, 3.05) is 53.6 Å². The van der Waals surface area contributed by atoms with Crippen LogP contribution >= 0.6 is 24.0 Å². The normalized spacial score (nSPS) is 15.6. The maximum atomic E-state index is 12.2. The number of halogens is 1. The third kappa shape index (κ3) is 9.50. The van der Waals surface area contributed by atoms with Gasteiger partial charge in [-0.2, -0.15) is 0 Å². The number of rotatable bonds is 11. The van der Waals surface area contributed by atoms with E-state index in [0.717, 1.165) is 57.0 Å². The molecule has 1 aliphatic rings. The van der Waals surface area contributed by atoms with E-state index in [0.29, 0.717) is 24.5 Å². The molecule has 1 aromatic carbocycles. The number of hydrogen-bond donors (Lipinski definition) is 3. The van der Waals surface area contributed by atoms with Gasteiger partial charge in [0.05, 0.1) is 26.9 Å². The monoisotopic (exact) mass is 561 g/mol. The van der Waals surface area contributed by atoms with E-state index in [2.05, 4.69) is 39.7 Å². The number of morpholine rings is 1. The number of nitrogens with zero attached hydrogens (tertiary/aromatic N) is 2. The predicted molar refractivity (Wildman–Crippen MR) is 140 cm³/mol. The first-order chi connectivity index (χ1) is 15.1. The highest BCUT2D eigenvalue weighted by Crippen LogP contribution is 2.19. The van der Waals surface area contributed by atoms with Crippen molar-refractivity contribution >= 4 is 35.8 Å². The van der Waals surface area contributed by atoms with E-state index in [1.54, 1.807) is 14.2 Å². The van der Waals surface area contributed by atoms with E-state index < -0.39 is 0 Å². The highest BCUT2D eigenvalue weighted by Gasteiger charge is 2.27. The maximum Gasteiger partial charge on any atom is 0.239 e. The highest BCUT2D eigenvalue weighted by atomic mass is 127. The summed E-state index contributed by atoms with van der Waals surface area (Å²) in [7, 11) is 3.36. The van der Waals surface area contributed by atoms with Crippen LogP contribution in [0.2, 0.25) is 0 Å². The molecule has 32 heavy (non-hydrogen) atoms. The smallest absolute Gasteiger partial charge is 0.239 e. The lowest BCUT2D eigenvalue weighted by molar-refractivity contribution is -0.120. The molecule has 182 valence electrons. The maximum absolute atomic E-state index is 12.2. The van der Waals surface area contributed by atoms with Gasteiger partial charge >= 0.3 is 0 Å². The van der Waals surface area contributed by atoms with Crippen molar-refractivity contribution in [1.82, 2.24) is 20.9 Å². The molecule has 1 saturated heterocycles. The van der Waals surface area contributed by atoms with Gasteiger partial charge in [-0.1, -0.05) is 38.8 Å². The molecule has 1 amide bonds. The van der Waals surface area contributed by atoms with Crippen molar-refractivity contribution < 1.29 is 14.3 Å². The Balaban J connectivity index is 0.00000512. The van der Waals surface area contributed by atoms with Crippen LogP contribution in [0.3, 0.4) is 0 Å². The van der Waals surface area contributed by atoms with Gasteiger partial charge in [0, 0.05) is 39.3 Å². The van der Waals surface area contributed by atoms with Crippen molar-refractivity contribution in [3.63, 3.8) is 0 Å². The molecule has 0 aliphatic carbocycles. The number of benzene rings is 1. The van der Waals surface area contributed by atoms with Gasteiger partial charge in [0.25, 0.3) is 0 Å². The number of ether oxygens (including phenoxy) is 2. The Bertz CT molecular complexity index is 677. The highest BCUT2D eigenvalue weighted by molar-refractivity contribution is 14.0. The summed E-state index contributed by atoms with van der Waals surface area (Å²) in [5.41, 5.74) is 1.02. The van der Waals surface area contributed by atoms with Crippen molar-refractivity contribution in [3.05, 3.63) is 29.8 Å². The Morgan fingerprint density at radius 3 is 2.34 bits per heavy atom. The van der Waals surface area contributed by atoms with E-state index in [1.807, 2.05) is 24.3 Å². The number of aliphatic imine (C=N–C) groups is 1. The zero-order valence-electron chi connectivity index (χ0n) is 19.9. The summed E-state index contributed by atoms with van der Waals surface area (Å²) in [4.78, 5) is 19.0. The first-order valence-electron chi connectivity index (χ1n) is 11.3. The molecular weight excluding hydrogens is 521 g/mol. The Morgan fingerprint density at radius 1 is 1.12 bits per heavy atom. The number of nitrogens with one attached hydrogen (secondary N) is 3. The Morgan fingerprint density at radius 2 is 1.78 bits per heavy atom. The molecule has 8 nitrogen and oxygen atoms in total. The number of hydrogen-bond acceptors (Lipinski definition) is 5. The zero-order valence-corrected chi connectivity index (χ0v) is 22.2. The molecule has 1 fully saturated rings. The molecule has 0 radical (unpaired) electrons. The lowest BCUT2D eigenvalue weighted by atomic mass is 9.92. The molecule has 0 aromatic heterocycles. The molecule has 1 heterocycles. The fraction of sp³-hybridized carbons (Fsp3) is 0.652. The third-order valence-electron chi connectivity index (χ3n) is 5.87. The van der Waals surface area contributed by atoms with Crippen LogP contribution in [-0.4, -0.2) is 76.4 Å². The van der Waals surface area contributed by atoms with Crippen LogP contribution in [0.5, 0.6) is 5.75 Å². The quantitative estimate of drug-likeness (QED) is 0.218. The van der Waals surface area contributed by atoms with Crippen molar-refractivity contribution in [1.29, 1.82) is 0 Å². The minimum atomic E-state index is -0.0801. The van der Waals surface area contributed by atoms with Gasteiger partial charge in [-0.3, -0.25) is 14.7 Å². The summed E-state index contributed by atoms with van der Waals surface area (Å²) < 4.78 is 10.7. The number of amides is 1. The van der Waals surface area contributed by atoms with Crippen LogP contribution in [-0.2, 0) is 16.1 Å². The molecule has 0 spiro atoms. The standard InChI is InChI=1S/C23H39N5O3.HI/c1-5-19(6-2)21(28-11-13-31-14-12-28)16-26-23(24-3)27-17-22(29)25-15-18-7-9-20(30-4)10-8-18;/h7-10,19,21H,5-6,11-17H2,1-4H3,(H,25,29)(H2,24,26,27);1H. The van der Waals surface area contributed by atoms with Crippen LogP contribution in [0.1, 0.15) is 32.3 Å². The average molecular weight is 562 g/mol. The van der Waals surface area contributed by atoms with Crippen molar-refractivity contribution in [3.8, 4) is 5.75 Å². The molecule has 1 atom stereocenters. The van der Waals surface area contributed by atoms with Crippen LogP contribution in [0.25, 0.3) is 0 Å². The molecule has 1 unspecified atom stereocenters. The molecular formula is C23H40IN5O3. The molecule has 0 bridgehead atoms. The predicted octanol–water partition coefficient (Wildman–Crippen LogP) is 2.23. The summed E-state index contributed by atoms with van der Waals surface area (Å²) in [6.45, 7) is 9.44. The molecule has 9 heteroatoms. The van der Waals surface area contributed by atoms with Crippen LogP contribution in [0.4, 0.5) is 0 Å². The van der Waals surface area contributed by atoms with Gasteiger partial charge in [-0.25, -0.2) is 0 Å².